The molecular weight excluding hydrogens is 252 g/mol. The zero-order valence-corrected chi connectivity index (χ0v) is 10.6. The maximum absolute atomic E-state index is 10.8. The minimum Gasteiger partial charge on any atom is -0.258 e. The first-order chi connectivity index (χ1) is 8.63. The van der Waals surface area contributed by atoms with Crippen LogP contribution in [0.4, 0.5) is 5.69 Å². The number of nitrogens with zero attached hydrogens (tertiary/aromatic N) is 2. The van der Waals surface area contributed by atoms with Crippen molar-refractivity contribution in [2.45, 2.75) is 13.5 Å². The van der Waals surface area contributed by atoms with Crippen molar-refractivity contribution in [3.63, 3.8) is 0 Å². The van der Waals surface area contributed by atoms with E-state index in [4.69, 9.17) is 11.6 Å². The quantitative estimate of drug-likeness (QED) is 0.485. The molecule has 1 aromatic heterocycles. The van der Waals surface area contributed by atoms with Gasteiger partial charge in [0.2, 0.25) is 5.69 Å². The van der Waals surface area contributed by atoms with Gasteiger partial charge in [0.1, 0.15) is 6.54 Å². The van der Waals surface area contributed by atoms with Crippen LogP contribution in [-0.2, 0) is 6.54 Å². The van der Waals surface area contributed by atoms with Crippen LogP contribution in [0.5, 0.6) is 0 Å². The Morgan fingerprint density at radius 1 is 1.33 bits per heavy atom. The van der Waals surface area contributed by atoms with E-state index in [1.807, 2.05) is 35.9 Å². The SMILES string of the molecule is CC[n+]1ccccc1-c1cc([N+](=O)[O-])ccc1Cl. The van der Waals surface area contributed by atoms with Gasteiger partial charge in [-0.15, -0.1) is 0 Å². The molecule has 0 aliphatic rings. The van der Waals surface area contributed by atoms with Gasteiger partial charge >= 0.3 is 0 Å². The van der Waals surface area contributed by atoms with Crippen molar-refractivity contribution in [1.82, 2.24) is 0 Å². The lowest BCUT2D eigenvalue weighted by Crippen LogP contribution is -2.34. The van der Waals surface area contributed by atoms with E-state index in [0.717, 1.165) is 12.2 Å². The van der Waals surface area contributed by atoms with Crippen molar-refractivity contribution in [1.29, 1.82) is 0 Å². The van der Waals surface area contributed by atoms with Gasteiger partial charge in [-0.05, 0) is 19.1 Å². The lowest BCUT2D eigenvalue weighted by Gasteiger charge is -2.04. The minimum atomic E-state index is -0.418. The number of nitro groups is 1. The van der Waals surface area contributed by atoms with Crippen LogP contribution in [0.25, 0.3) is 11.3 Å². The van der Waals surface area contributed by atoms with Crippen molar-refractivity contribution < 1.29 is 9.49 Å². The van der Waals surface area contributed by atoms with Gasteiger partial charge in [0.25, 0.3) is 5.69 Å². The summed E-state index contributed by atoms with van der Waals surface area (Å²) in [6.45, 7) is 2.78. The van der Waals surface area contributed by atoms with E-state index in [0.29, 0.717) is 10.6 Å². The molecule has 0 amide bonds. The third kappa shape index (κ3) is 2.33. The molecule has 4 nitrogen and oxygen atoms in total. The molecular formula is C13H12ClN2O2+. The van der Waals surface area contributed by atoms with Crippen molar-refractivity contribution in [3.8, 4) is 11.3 Å². The topological polar surface area (TPSA) is 47.0 Å². The molecule has 0 aliphatic carbocycles. The summed E-state index contributed by atoms with van der Waals surface area (Å²) in [4.78, 5) is 10.4. The first-order valence-corrected chi connectivity index (χ1v) is 5.94. The van der Waals surface area contributed by atoms with E-state index >= 15 is 0 Å². The van der Waals surface area contributed by atoms with E-state index in [1.165, 1.54) is 12.1 Å². The molecule has 0 unspecified atom stereocenters. The number of aryl methyl sites for hydroxylation is 1. The number of halogens is 1. The molecule has 0 spiro atoms. The molecule has 0 radical (unpaired) electrons. The smallest absolute Gasteiger partial charge is 0.258 e. The van der Waals surface area contributed by atoms with Gasteiger partial charge in [0.15, 0.2) is 6.20 Å². The van der Waals surface area contributed by atoms with Gasteiger partial charge in [0, 0.05) is 24.3 Å². The van der Waals surface area contributed by atoms with E-state index in [9.17, 15) is 10.1 Å². The summed E-state index contributed by atoms with van der Waals surface area (Å²) in [5.74, 6) is 0. The fourth-order valence-corrected chi connectivity index (χ4v) is 2.03. The molecule has 0 N–H and O–H groups in total. The molecule has 0 aliphatic heterocycles. The van der Waals surface area contributed by atoms with Crippen molar-refractivity contribution in [3.05, 3.63) is 57.7 Å². The molecule has 0 fully saturated rings. The largest absolute Gasteiger partial charge is 0.270 e. The summed E-state index contributed by atoms with van der Waals surface area (Å²) in [6.07, 6.45) is 1.92. The minimum absolute atomic E-state index is 0.0425. The Labute approximate surface area is 110 Å². The summed E-state index contributed by atoms with van der Waals surface area (Å²) < 4.78 is 1.99. The molecule has 18 heavy (non-hydrogen) atoms. The Hall–Kier alpha value is -1.94. The fourth-order valence-electron chi connectivity index (χ4n) is 1.82. The molecule has 2 rings (SSSR count). The van der Waals surface area contributed by atoms with Gasteiger partial charge in [-0.2, -0.15) is 4.57 Å². The summed E-state index contributed by atoms with van der Waals surface area (Å²) in [5.41, 5.74) is 1.59. The second kappa shape index (κ2) is 5.14. The molecule has 1 heterocycles. The van der Waals surface area contributed by atoms with Crippen LogP contribution in [-0.4, -0.2) is 4.92 Å². The van der Waals surface area contributed by atoms with Gasteiger partial charge < -0.3 is 0 Å². The third-order valence-electron chi connectivity index (χ3n) is 2.72. The van der Waals surface area contributed by atoms with Gasteiger partial charge in [0.05, 0.1) is 15.5 Å². The van der Waals surface area contributed by atoms with E-state index < -0.39 is 4.92 Å². The zero-order valence-electron chi connectivity index (χ0n) is 9.84. The highest BCUT2D eigenvalue weighted by molar-refractivity contribution is 6.33. The Kier molecular flexibility index (Phi) is 3.58. The summed E-state index contributed by atoms with van der Waals surface area (Å²) >= 11 is 6.13. The number of benzene rings is 1. The number of nitro benzene ring substituents is 1. The van der Waals surface area contributed by atoms with Crippen LogP contribution in [0, 0.1) is 10.1 Å². The van der Waals surface area contributed by atoms with Crippen LogP contribution in [0.3, 0.4) is 0 Å². The predicted molar refractivity (Wildman–Crippen MR) is 69.4 cm³/mol. The maximum atomic E-state index is 10.8. The van der Waals surface area contributed by atoms with Crippen LogP contribution in [0.1, 0.15) is 6.92 Å². The molecule has 0 saturated heterocycles. The van der Waals surface area contributed by atoms with Gasteiger partial charge in [-0.1, -0.05) is 11.6 Å². The Morgan fingerprint density at radius 3 is 2.78 bits per heavy atom. The number of non-ortho nitro benzene ring substituents is 1. The average molecular weight is 264 g/mol. The maximum Gasteiger partial charge on any atom is 0.270 e. The molecule has 2 aromatic rings. The highest BCUT2D eigenvalue weighted by atomic mass is 35.5. The summed E-state index contributed by atoms with van der Waals surface area (Å²) in [5, 5.41) is 11.3. The average Bonchev–Trinajstić information content (AvgIpc) is 2.39. The number of aromatic nitrogens is 1. The Bertz CT molecular complexity index is 599. The zero-order chi connectivity index (χ0) is 13.1. The van der Waals surface area contributed by atoms with Crippen LogP contribution >= 0.6 is 11.6 Å². The first kappa shape index (κ1) is 12.5. The fraction of sp³-hybridized carbons (Fsp3) is 0.154. The highest BCUT2D eigenvalue weighted by Gasteiger charge is 2.17. The van der Waals surface area contributed by atoms with E-state index in [1.54, 1.807) is 6.07 Å². The number of pyridine rings is 1. The van der Waals surface area contributed by atoms with E-state index in [-0.39, 0.29) is 5.69 Å². The lowest BCUT2D eigenvalue weighted by molar-refractivity contribution is -0.682. The molecule has 5 heteroatoms. The van der Waals surface area contributed by atoms with Gasteiger partial charge in [-0.3, -0.25) is 10.1 Å². The van der Waals surface area contributed by atoms with Crippen LogP contribution < -0.4 is 4.57 Å². The summed E-state index contributed by atoms with van der Waals surface area (Å²) in [7, 11) is 0. The second-order valence-corrected chi connectivity index (χ2v) is 4.20. The molecule has 1 aromatic carbocycles. The highest BCUT2D eigenvalue weighted by Crippen LogP contribution is 2.29. The standard InChI is InChI=1S/C13H12ClN2O2/c1-2-15-8-4-3-5-13(15)11-9-10(16(17)18)6-7-12(11)14/h3-9H,2H2,1H3/q+1. The number of rotatable bonds is 3. The predicted octanol–water partition coefficient (Wildman–Crippen LogP) is 3.22. The van der Waals surface area contributed by atoms with E-state index in [2.05, 4.69) is 0 Å². The first-order valence-electron chi connectivity index (χ1n) is 5.56. The van der Waals surface area contributed by atoms with Crippen LogP contribution in [0.15, 0.2) is 42.6 Å². The van der Waals surface area contributed by atoms with Crippen LogP contribution in [0.2, 0.25) is 5.02 Å². The monoisotopic (exact) mass is 263 g/mol. The molecule has 0 atom stereocenters. The number of hydrogen-bond donors (Lipinski definition) is 0. The van der Waals surface area contributed by atoms with Crippen molar-refractivity contribution in [2.75, 3.05) is 0 Å². The summed E-state index contributed by atoms with van der Waals surface area (Å²) in [6, 6.07) is 10.2. The molecule has 92 valence electrons. The lowest BCUT2D eigenvalue weighted by atomic mass is 10.1. The Morgan fingerprint density at radius 2 is 2.11 bits per heavy atom. The number of hydrogen-bond acceptors (Lipinski definition) is 2. The Balaban J connectivity index is 2.62. The van der Waals surface area contributed by atoms with Crippen molar-refractivity contribution >= 4 is 17.3 Å². The third-order valence-corrected chi connectivity index (χ3v) is 3.05. The van der Waals surface area contributed by atoms with Crippen molar-refractivity contribution in [2.24, 2.45) is 0 Å². The van der Waals surface area contributed by atoms with Gasteiger partial charge in [-0.25, -0.2) is 0 Å². The molecule has 0 bridgehead atoms. The molecule has 0 saturated carbocycles. The normalized spacial score (nSPS) is 10.3. The second-order valence-electron chi connectivity index (χ2n) is 3.79.